The van der Waals surface area contributed by atoms with Crippen molar-refractivity contribution in [3.8, 4) is 5.69 Å². The predicted molar refractivity (Wildman–Crippen MR) is 145 cm³/mol. The molecular weight excluding hydrogens is 574 g/mol. The molecule has 228 valence electrons. The fourth-order valence-electron chi connectivity index (χ4n) is 7.39. The average Bonchev–Trinajstić information content (AvgIpc) is 3.50. The van der Waals surface area contributed by atoms with E-state index in [1.54, 1.807) is 18.5 Å². The summed E-state index contributed by atoms with van der Waals surface area (Å²) in [5.74, 6) is -0.718. The zero-order valence-corrected chi connectivity index (χ0v) is 23.4. The number of rotatable bonds is 5. The van der Waals surface area contributed by atoms with E-state index in [9.17, 15) is 31.1 Å². The van der Waals surface area contributed by atoms with Crippen LogP contribution in [0.3, 0.4) is 0 Å². The fourth-order valence-corrected chi connectivity index (χ4v) is 7.39. The maximum Gasteiger partial charge on any atom is 0.418 e. The summed E-state index contributed by atoms with van der Waals surface area (Å²) in [6.07, 6.45) is -0.652. The van der Waals surface area contributed by atoms with Crippen LogP contribution in [0.25, 0.3) is 11.2 Å². The van der Waals surface area contributed by atoms with E-state index < -0.39 is 34.9 Å². The third-order valence-electron chi connectivity index (χ3n) is 9.63. The van der Waals surface area contributed by atoms with Crippen LogP contribution in [0, 0.1) is 11.3 Å². The Bertz CT molecular complexity index is 1750. The molecule has 7 rings (SSSR count). The lowest BCUT2D eigenvalue weighted by Crippen LogP contribution is -2.45. The van der Waals surface area contributed by atoms with Crippen LogP contribution in [0.4, 0.5) is 26.3 Å². The summed E-state index contributed by atoms with van der Waals surface area (Å²) < 4.78 is 86.9. The molecule has 0 amide bonds. The number of imidazole rings is 1. The number of likely N-dealkylation sites (tertiary alicyclic amines) is 1. The highest BCUT2D eigenvalue weighted by molar-refractivity contribution is 5.58. The number of aryl methyl sites for hydroxylation is 1. The molecule has 7 nitrogen and oxygen atoms in total. The zero-order valence-electron chi connectivity index (χ0n) is 23.4. The number of benzene rings is 1. The van der Waals surface area contributed by atoms with E-state index >= 15 is 0 Å². The van der Waals surface area contributed by atoms with Gasteiger partial charge in [-0.25, -0.2) is 4.79 Å². The maximum atomic E-state index is 14.3. The van der Waals surface area contributed by atoms with E-state index in [-0.39, 0.29) is 36.0 Å². The van der Waals surface area contributed by atoms with Crippen LogP contribution >= 0.6 is 0 Å². The van der Waals surface area contributed by atoms with E-state index in [2.05, 4.69) is 10.2 Å². The lowest BCUT2D eigenvalue weighted by molar-refractivity contribution is -0.187. The van der Waals surface area contributed by atoms with Crippen molar-refractivity contribution in [2.24, 2.45) is 18.4 Å². The van der Waals surface area contributed by atoms with Gasteiger partial charge in [-0.3, -0.25) is 13.9 Å². The summed E-state index contributed by atoms with van der Waals surface area (Å²) in [7, 11) is 1.88. The van der Waals surface area contributed by atoms with Crippen molar-refractivity contribution >= 4 is 5.52 Å². The molecule has 1 aliphatic heterocycles. The number of pyridine rings is 1. The fraction of sp³-hybridized carbons (Fsp3) is 0.500. The molecule has 1 atom stereocenters. The molecule has 0 unspecified atom stereocenters. The minimum Gasteiger partial charge on any atom is -0.320 e. The van der Waals surface area contributed by atoms with Gasteiger partial charge in [0, 0.05) is 32.5 Å². The second-order valence-corrected chi connectivity index (χ2v) is 12.7. The lowest BCUT2D eigenvalue weighted by atomic mass is 9.56. The highest BCUT2D eigenvalue weighted by Crippen LogP contribution is 2.70. The van der Waals surface area contributed by atoms with Crippen molar-refractivity contribution in [3.05, 3.63) is 82.1 Å². The first-order valence-corrected chi connectivity index (χ1v) is 14.4. The van der Waals surface area contributed by atoms with Crippen LogP contribution < -0.4 is 5.69 Å². The summed E-state index contributed by atoms with van der Waals surface area (Å²) >= 11 is 0. The molecule has 1 aromatic carbocycles. The number of nitrogens with zero attached hydrogens (tertiary/aromatic N) is 6. The highest BCUT2D eigenvalue weighted by Gasteiger charge is 2.63. The number of piperidine rings is 1. The first kappa shape index (κ1) is 28.2. The van der Waals surface area contributed by atoms with Crippen molar-refractivity contribution in [2.45, 2.75) is 62.8 Å². The molecular formula is C30H30F6N6O. The summed E-state index contributed by atoms with van der Waals surface area (Å²) in [6, 6.07) is 8.21. The normalized spacial score (nSPS) is 21.8. The van der Waals surface area contributed by atoms with Crippen molar-refractivity contribution < 1.29 is 26.3 Å². The summed E-state index contributed by atoms with van der Waals surface area (Å²) in [6.45, 7) is -0.0793. The van der Waals surface area contributed by atoms with Gasteiger partial charge in [0.1, 0.15) is 12.2 Å². The molecule has 4 aromatic rings. The van der Waals surface area contributed by atoms with Crippen molar-refractivity contribution in [1.29, 1.82) is 0 Å². The second kappa shape index (κ2) is 9.44. The Morgan fingerprint density at radius 1 is 1.05 bits per heavy atom. The maximum absolute atomic E-state index is 14.3. The van der Waals surface area contributed by atoms with Gasteiger partial charge in [0.05, 0.1) is 28.1 Å². The summed E-state index contributed by atoms with van der Waals surface area (Å²) in [5.41, 5.74) is -0.671. The van der Waals surface area contributed by atoms with Gasteiger partial charge in [0.2, 0.25) is 0 Å². The van der Waals surface area contributed by atoms with Crippen LogP contribution in [-0.2, 0) is 25.2 Å². The van der Waals surface area contributed by atoms with Crippen LogP contribution in [-0.4, -0.2) is 47.9 Å². The van der Waals surface area contributed by atoms with Gasteiger partial charge in [-0.2, -0.15) is 26.3 Å². The first-order valence-electron chi connectivity index (χ1n) is 14.4. The van der Waals surface area contributed by atoms with E-state index in [0.717, 1.165) is 47.5 Å². The standard InChI is InChI=1S/C30H30F6N6O/c1-39-18-37-38-25(39)28(16-27(17-28)7-8-27)20-4-2-6-22(11-20)41-15-24-23(30(34,35)36)10-19(13-42(24)26(41)43)12-40-9-3-5-21(14-40)29(31,32)33/h2,4,6,10-11,13,15,18,21H,3,5,7-9,12,14,16-17H2,1H3/t21-/m0/s1. The van der Waals surface area contributed by atoms with Crippen LogP contribution in [0.15, 0.2) is 53.8 Å². The van der Waals surface area contributed by atoms with Gasteiger partial charge in [0.25, 0.3) is 0 Å². The number of fused-ring (bicyclic) bond motifs is 1. The number of hydrogen-bond acceptors (Lipinski definition) is 4. The van der Waals surface area contributed by atoms with Gasteiger partial charge >= 0.3 is 18.0 Å². The zero-order chi connectivity index (χ0) is 30.4. The lowest BCUT2D eigenvalue weighted by Gasteiger charge is -2.48. The number of aromatic nitrogens is 5. The Labute approximate surface area is 242 Å². The van der Waals surface area contributed by atoms with Gasteiger partial charge in [-0.1, -0.05) is 12.1 Å². The van der Waals surface area contributed by atoms with Crippen LogP contribution in [0.1, 0.15) is 61.0 Å². The monoisotopic (exact) mass is 604 g/mol. The van der Waals surface area contributed by atoms with E-state index in [4.69, 9.17) is 0 Å². The van der Waals surface area contributed by atoms with Gasteiger partial charge in [-0.05, 0) is 79.8 Å². The number of hydrogen-bond donors (Lipinski definition) is 0. The third-order valence-corrected chi connectivity index (χ3v) is 9.63. The van der Waals surface area contributed by atoms with Crippen LogP contribution in [0.5, 0.6) is 0 Å². The predicted octanol–water partition coefficient (Wildman–Crippen LogP) is 5.87. The first-order chi connectivity index (χ1) is 20.3. The topological polar surface area (TPSA) is 60.4 Å². The Hall–Kier alpha value is -3.61. The molecule has 3 fully saturated rings. The molecule has 4 heterocycles. The Kier molecular flexibility index (Phi) is 6.19. The largest absolute Gasteiger partial charge is 0.418 e. The quantitative estimate of drug-likeness (QED) is 0.268. The SMILES string of the molecule is Cn1cnnc1C1(c2cccc(-n3cc4c(C(F)(F)F)cc(CN5CCC[C@H](C(F)(F)F)C5)cn4c3=O)c2)CC2(CC2)C1. The highest BCUT2D eigenvalue weighted by atomic mass is 19.4. The molecule has 0 bridgehead atoms. The van der Waals surface area contributed by atoms with E-state index in [1.165, 1.54) is 21.9 Å². The Balaban J connectivity index is 1.28. The average molecular weight is 605 g/mol. The minimum atomic E-state index is -4.78. The second-order valence-electron chi connectivity index (χ2n) is 12.7. The van der Waals surface area contributed by atoms with Crippen molar-refractivity contribution in [1.82, 2.24) is 28.6 Å². The van der Waals surface area contributed by atoms with Gasteiger partial charge in [0.15, 0.2) is 0 Å². The molecule has 13 heteroatoms. The molecule has 43 heavy (non-hydrogen) atoms. The van der Waals surface area contributed by atoms with Gasteiger partial charge in [-0.15, -0.1) is 10.2 Å². The van der Waals surface area contributed by atoms with Crippen LogP contribution in [0.2, 0.25) is 0 Å². The number of halogens is 6. The molecule has 0 N–H and O–H groups in total. The minimum absolute atomic E-state index is 0.00681. The van der Waals surface area contributed by atoms with E-state index in [0.29, 0.717) is 18.7 Å². The molecule has 3 aliphatic rings. The molecule has 1 saturated heterocycles. The Morgan fingerprint density at radius 2 is 1.81 bits per heavy atom. The van der Waals surface area contributed by atoms with Crippen molar-refractivity contribution in [3.63, 3.8) is 0 Å². The number of alkyl halides is 6. The third kappa shape index (κ3) is 4.76. The molecule has 2 saturated carbocycles. The molecule has 1 spiro atoms. The smallest absolute Gasteiger partial charge is 0.320 e. The van der Waals surface area contributed by atoms with Crippen molar-refractivity contribution in [2.75, 3.05) is 13.1 Å². The molecule has 2 aliphatic carbocycles. The Morgan fingerprint density at radius 3 is 2.47 bits per heavy atom. The summed E-state index contributed by atoms with van der Waals surface area (Å²) in [4.78, 5) is 15.2. The summed E-state index contributed by atoms with van der Waals surface area (Å²) in [5, 5.41) is 8.47. The molecule has 0 radical (unpaired) electrons. The van der Waals surface area contributed by atoms with E-state index in [1.807, 2.05) is 23.7 Å². The van der Waals surface area contributed by atoms with Gasteiger partial charge < -0.3 is 4.57 Å². The molecule has 3 aromatic heterocycles.